The quantitative estimate of drug-likeness (QED) is 0.632. The number of hydrogen-bond acceptors (Lipinski definition) is 4. The molecule has 0 spiro atoms. The van der Waals surface area contributed by atoms with Gasteiger partial charge in [0.15, 0.2) is 5.75 Å². The van der Waals surface area contributed by atoms with Crippen molar-refractivity contribution in [3.63, 3.8) is 0 Å². The van der Waals surface area contributed by atoms with Crippen molar-refractivity contribution in [3.8, 4) is 11.8 Å². The van der Waals surface area contributed by atoms with Crippen molar-refractivity contribution in [1.29, 1.82) is 5.26 Å². The van der Waals surface area contributed by atoms with Gasteiger partial charge in [-0.2, -0.15) is 5.26 Å². The zero-order chi connectivity index (χ0) is 11.6. The summed E-state index contributed by atoms with van der Waals surface area (Å²) in [6, 6.07) is 2.42. The number of nitrogens with zero attached hydrogens (tertiary/aromatic N) is 2. The Morgan fingerprint density at radius 3 is 2.60 bits per heavy atom. The largest absolute Gasteiger partial charge is 0.573 e. The highest BCUT2D eigenvalue weighted by atomic mass is 127. The van der Waals surface area contributed by atoms with Gasteiger partial charge < -0.3 is 10.5 Å². The van der Waals surface area contributed by atoms with Gasteiger partial charge in [-0.1, -0.05) is 0 Å². The molecule has 15 heavy (non-hydrogen) atoms. The lowest BCUT2D eigenvalue weighted by atomic mass is 10.3. The first-order valence-corrected chi connectivity index (χ1v) is 4.53. The third-order valence-electron chi connectivity index (χ3n) is 1.30. The summed E-state index contributed by atoms with van der Waals surface area (Å²) in [5.41, 5.74) is 4.94. The molecule has 2 N–H and O–H groups in total. The molecule has 0 saturated heterocycles. The summed E-state index contributed by atoms with van der Waals surface area (Å²) in [7, 11) is 0. The minimum absolute atomic E-state index is 0.0642. The van der Waals surface area contributed by atoms with Crippen LogP contribution >= 0.6 is 22.6 Å². The maximum absolute atomic E-state index is 11.9. The molecule has 0 aromatic carbocycles. The van der Waals surface area contributed by atoms with Gasteiger partial charge >= 0.3 is 6.36 Å². The molecule has 0 aliphatic carbocycles. The SMILES string of the molecule is N#Cc1c(OC(F)(F)F)cc(N)nc1I. The highest BCUT2D eigenvalue weighted by Gasteiger charge is 2.33. The predicted molar refractivity (Wildman–Crippen MR) is 52.8 cm³/mol. The topological polar surface area (TPSA) is 71.9 Å². The molecule has 4 nitrogen and oxygen atoms in total. The number of hydrogen-bond donors (Lipinski definition) is 1. The van der Waals surface area contributed by atoms with Gasteiger partial charge in [-0.05, 0) is 22.6 Å². The van der Waals surface area contributed by atoms with Crippen molar-refractivity contribution in [1.82, 2.24) is 4.98 Å². The van der Waals surface area contributed by atoms with Crippen LogP contribution < -0.4 is 10.5 Å². The lowest BCUT2D eigenvalue weighted by molar-refractivity contribution is -0.274. The van der Waals surface area contributed by atoms with Crippen LogP contribution in [0.3, 0.4) is 0 Å². The van der Waals surface area contributed by atoms with Crippen molar-refractivity contribution >= 4 is 28.4 Å². The van der Waals surface area contributed by atoms with Gasteiger partial charge in [0.1, 0.15) is 21.2 Å². The Kier molecular flexibility index (Phi) is 3.23. The van der Waals surface area contributed by atoms with E-state index in [0.717, 1.165) is 6.07 Å². The zero-order valence-corrected chi connectivity index (χ0v) is 9.13. The summed E-state index contributed by atoms with van der Waals surface area (Å²) in [4.78, 5) is 3.63. The first kappa shape index (κ1) is 11.8. The van der Waals surface area contributed by atoms with Crippen LogP contribution in [-0.2, 0) is 0 Å². The monoisotopic (exact) mass is 329 g/mol. The molecule has 0 atom stereocenters. The minimum Gasteiger partial charge on any atom is -0.404 e. The van der Waals surface area contributed by atoms with E-state index in [1.54, 1.807) is 28.7 Å². The van der Waals surface area contributed by atoms with E-state index in [-0.39, 0.29) is 15.1 Å². The Labute approximate surface area is 96.0 Å². The lowest BCUT2D eigenvalue weighted by Crippen LogP contribution is -2.18. The van der Waals surface area contributed by atoms with Gasteiger partial charge in [-0.25, -0.2) is 4.98 Å². The summed E-state index contributed by atoms with van der Waals surface area (Å²) in [5.74, 6) is -0.778. The molecule has 0 unspecified atom stereocenters. The Morgan fingerprint density at radius 1 is 1.53 bits per heavy atom. The fourth-order valence-corrected chi connectivity index (χ4v) is 1.48. The van der Waals surface area contributed by atoms with Crippen molar-refractivity contribution in [3.05, 3.63) is 15.3 Å². The normalized spacial score (nSPS) is 10.9. The second-order valence-corrected chi connectivity index (χ2v) is 3.39. The molecule has 0 fully saturated rings. The second kappa shape index (κ2) is 4.09. The van der Waals surface area contributed by atoms with Gasteiger partial charge in [-0.15, -0.1) is 13.2 Å². The number of anilines is 1. The molecule has 0 saturated carbocycles. The molecule has 80 valence electrons. The van der Waals surface area contributed by atoms with Crippen LogP contribution in [0.15, 0.2) is 6.07 Å². The molecule has 1 aromatic heterocycles. The Morgan fingerprint density at radius 2 is 2.13 bits per heavy atom. The molecule has 0 aliphatic rings. The van der Waals surface area contributed by atoms with Crippen molar-refractivity contribution in [2.45, 2.75) is 6.36 Å². The van der Waals surface area contributed by atoms with E-state index < -0.39 is 12.1 Å². The highest BCUT2D eigenvalue weighted by Crippen LogP contribution is 2.29. The molecular formula is C7H3F3IN3O. The summed E-state index contributed by atoms with van der Waals surface area (Å²) < 4.78 is 39.5. The molecule has 1 heterocycles. The zero-order valence-electron chi connectivity index (χ0n) is 6.97. The van der Waals surface area contributed by atoms with Gasteiger partial charge in [0.05, 0.1) is 0 Å². The summed E-state index contributed by atoms with van der Waals surface area (Å²) >= 11 is 1.60. The van der Waals surface area contributed by atoms with E-state index in [4.69, 9.17) is 11.0 Å². The summed E-state index contributed by atoms with van der Waals surface area (Å²) in [6.45, 7) is 0. The smallest absolute Gasteiger partial charge is 0.404 e. The number of ether oxygens (including phenoxy) is 1. The van der Waals surface area contributed by atoms with Crippen LogP contribution in [-0.4, -0.2) is 11.3 Å². The number of nitriles is 1. The van der Waals surface area contributed by atoms with E-state index in [9.17, 15) is 13.2 Å². The van der Waals surface area contributed by atoms with Crippen LogP contribution in [0.1, 0.15) is 5.56 Å². The third-order valence-corrected chi connectivity index (χ3v) is 2.08. The summed E-state index contributed by atoms with van der Waals surface area (Å²) in [5, 5.41) is 8.60. The number of alkyl halides is 3. The van der Waals surface area contributed by atoms with Gasteiger partial charge in [0.25, 0.3) is 0 Å². The molecule has 0 radical (unpaired) electrons. The Bertz CT molecular complexity index is 427. The maximum Gasteiger partial charge on any atom is 0.573 e. The lowest BCUT2D eigenvalue weighted by Gasteiger charge is -2.10. The highest BCUT2D eigenvalue weighted by molar-refractivity contribution is 14.1. The number of halogens is 4. The number of nitrogen functional groups attached to an aromatic ring is 1. The third kappa shape index (κ3) is 3.12. The molecule has 8 heteroatoms. The standard InChI is InChI=1S/C7H3F3IN3O/c8-7(9,10)15-4-1-5(13)14-6(11)3(4)2-12/h1H,(H2,13,14). The molecule has 0 bridgehead atoms. The predicted octanol–water partition coefficient (Wildman–Crippen LogP) is 2.04. The van der Waals surface area contributed by atoms with Crippen LogP contribution in [0.5, 0.6) is 5.75 Å². The van der Waals surface area contributed by atoms with E-state index >= 15 is 0 Å². The van der Waals surface area contributed by atoms with Crippen LogP contribution in [0.4, 0.5) is 19.0 Å². The molecule has 1 rings (SSSR count). The van der Waals surface area contributed by atoms with E-state index in [2.05, 4.69) is 9.72 Å². The molecular weight excluding hydrogens is 326 g/mol. The molecule has 0 aliphatic heterocycles. The first-order valence-electron chi connectivity index (χ1n) is 3.45. The Hall–Kier alpha value is -1.24. The van der Waals surface area contributed by atoms with Crippen molar-refractivity contribution < 1.29 is 17.9 Å². The van der Waals surface area contributed by atoms with Crippen LogP contribution in [0, 0.1) is 15.0 Å². The van der Waals surface area contributed by atoms with Gasteiger partial charge in [0.2, 0.25) is 0 Å². The average molecular weight is 329 g/mol. The van der Waals surface area contributed by atoms with Crippen LogP contribution in [0.2, 0.25) is 0 Å². The average Bonchev–Trinajstić information content (AvgIpc) is 1.99. The van der Waals surface area contributed by atoms with E-state index in [1.807, 2.05) is 0 Å². The number of nitrogens with two attached hydrogens (primary N) is 1. The van der Waals surface area contributed by atoms with Crippen molar-refractivity contribution in [2.75, 3.05) is 5.73 Å². The minimum atomic E-state index is -4.86. The molecule has 0 amide bonds. The second-order valence-electron chi connectivity index (χ2n) is 2.37. The van der Waals surface area contributed by atoms with Crippen molar-refractivity contribution in [2.24, 2.45) is 0 Å². The van der Waals surface area contributed by atoms with E-state index in [1.165, 1.54) is 0 Å². The van der Waals surface area contributed by atoms with Gasteiger partial charge in [0, 0.05) is 6.07 Å². The molecule has 1 aromatic rings. The first-order chi connectivity index (χ1) is 6.83. The summed E-state index contributed by atoms with van der Waals surface area (Å²) in [6.07, 6.45) is -4.86. The number of rotatable bonds is 1. The fourth-order valence-electron chi connectivity index (χ4n) is 0.816. The van der Waals surface area contributed by atoms with Crippen LogP contribution in [0.25, 0.3) is 0 Å². The fraction of sp³-hybridized carbons (Fsp3) is 0.143. The Balaban J connectivity index is 3.23. The van der Waals surface area contributed by atoms with Gasteiger partial charge in [-0.3, -0.25) is 0 Å². The van der Waals surface area contributed by atoms with E-state index in [0.29, 0.717) is 0 Å². The number of pyridine rings is 1. The maximum atomic E-state index is 11.9. The number of aromatic nitrogens is 1.